The summed E-state index contributed by atoms with van der Waals surface area (Å²) in [5, 5.41) is 25.4. The van der Waals surface area contributed by atoms with E-state index in [9.17, 15) is 0 Å². The maximum Gasteiger partial charge on any atom is 0.169 e. The summed E-state index contributed by atoms with van der Waals surface area (Å²) in [7, 11) is 0. The van der Waals surface area contributed by atoms with Crippen LogP contribution in [0.25, 0.3) is 0 Å². The van der Waals surface area contributed by atoms with Gasteiger partial charge in [-0.1, -0.05) is 0 Å². The van der Waals surface area contributed by atoms with E-state index in [0.29, 0.717) is 24.5 Å². The van der Waals surface area contributed by atoms with E-state index in [0.717, 1.165) is 0 Å². The molecule has 0 bridgehead atoms. The maximum absolute atomic E-state index is 8.94. The molecule has 0 aliphatic carbocycles. The quantitative estimate of drug-likeness (QED) is 0.757. The van der Waals surface area contributed by atoms with Crippen molar-refractivity contribution >= 4 is 5.82 Å². The summed E-state index contributed by atoms with van der Waals surface area (Å²) in [4.78, 5) is 1.89. The Bertz CT molecular complexity index is 429. The van der Waals surface area contributed by atoms with Crippen molar-refractivity contribution in [3.63, 3.8) is 0 Å². The molecule has 5 heteroatoms. The molecule has 82 valence electrons. The van der Waals surface area contributed by atoms with Gasteiger partial charge in [0.05, 0.1) is 23.7 Å². The molecule has 0 saturated heterocycles. The van der Waals surface area contributed by atoms with Crippen molar-refractivity contribution in [1.29, 1.82) is 10.5 Å². The Morgan fingerprint density at radius 1 is 1.50 bits per heavy atom. The molecule has 1 aromatic rings. The molecule has 0 amide bonds. The Labute approximate surface area is 94.9 Å². The molecule has 1 atom stereocenters. The predicted octanol–water partition coefficient (Wildman–Crippen LogP) is 1.33. The topological polar surface area (TPSA) is 76.6 Å². The summed E-state index contributed by atoms with van der Waals surface area (Å²) in [5.41, 5.74) is 0.488. The van der Waals surface area contributed by atoms with Crippen LogP contribution < -0.4 is 4.90 Å². The van der Waals surface area contributed by atoms with Gasteiger partial charge in [0.15, 0.2) is 5.82 Å². The molecule has 0 aliphatic rings. The van der Waals surface area contributed by atoms with E-state index < -0.39 is 0 Å². The van der Waals surface area contributed by atoms with Gasteiger partial charge in [0.2, 0.25) is 0 Å². The van der Waals surface area contributed by atoms with Gasteiger partial charge in [0, 0.05) is 13.1 Å². The summed E-state index contributed by atoms with van der Waals surface area (Å²) >= 11 is 0. The molecule has 0 saturated carbocycles. The first kappa shape index (κ1) is 11.9. The van der Waals surface area contributed by atoms with Crippen molar-refractivity contribution in [2.75, 3.05) is 18.0 Å². The van der Waals surface area contributed by atoms with Crippen LogP contribution in [0.5, 0.6) is 0 Å². The number of nitrogens with zero attached hydrogens (tertiary/aromatic N) is 5. The average Bonchev–Trinajstić information content (AvgIpc) is 2.35. The molecule has 0 radical (unpaired) electrons. The highest BCUT2D eigenvalue weighted by molar-refractivity contribution is 5.52. The minimum absolute atomic E-state index is 0.103. The van der Waals surface area contributed by atoms with Crippen LogP contribution in [0.1, 0.15) is 19.4 Å². The number of rotatable bonds is 4. The van der Waals surface area contributed by atoms with Crippen LogP contribution in [0, 0.1) is 28.6 Å². The summed E-state index contributed by atoms with van der Waals surface area (Å²) in [6.45, 7) is 5.05. The standard InChI is InChI=1S/C11H13N5/c1-3-16(8-9(2)6-12)11-10(7-13)4-5-14-15-11/h4-5,9H,3,8H2,1-2H3. The molecular formula is C11H13N5. The van der Waals surface area contributed by atoms with Crippen molar-refractivity contribution in [3.05, 3.63) is 17.8 Å². The van der Waals surface area contributed by atoms with Crippen LogP contribution in [0.2, 0.25) is 0 Å². The van der Waals surface area contributed by atoms with Crippen molar-refractivity contribution in [3.8, 4) is 12.1 Å². The smallest absolute Gasteiger partial charge is 0.169 e. The number of aromatic nitrogens is 2. The molecule has 0 aromatic carbocycles. The van der Waals surface area contributed by atoms with Crippen LogP contribution in [0.15, 0.2) is 12.3 Å². The predicted molar refractivity (Wildman–Crippen MR) is 59.4 cm³/mol. The van der Waals surface area contributed by atoms with Gasteiger partial charge in [0.25, 0.3) is 0 Å². The third kappa shape index (κ3) is 2.68. The van der Waals surface area contributed by atoms with Crippen molar-refractivity contribution in [2.24, 2.45) is 5.92 Å². The maximum atomic E-state index is 8.94. The molecular weight excluding hydrogens is 202 g/mol. The molecule has 0 spiro atoms. The third-order valence-corrected chi connectivity index (χ3v) is 2.22. The second-order valence-corrected chi connectivity index (χ2v) is 3.45. The van der Waals surface area contributed by atoms with Gasteiger partial charge in [-0.05, 0) is 19.9 Å². The lowest BCUT2D eigenvalue weighted by Crippen LogP contribution is -2.29. The van der Waals surface area contributed by atoms with E-state index in [1.165, 1.54) is 6.20 Å². The molecule has 16 heavy (non-hydrogen) atoms. The second-order valence-electron chi connectivity index (χ2n) is 3.45. The number of nitriles is 2. The van der Waals surface area contributed by atoms with Crippen molar-refractivity contribution in [2.45, 2.75) is 13.8 Å². The zero-order chi connectivity index (χ0) is 12.0. The SMILES string of the molecule is CCN(CC(C)C#N)c1nnccc1C#N. The molecule has 0 aliphatic heterocycles. The average molecular weight is 215 g/mol. The van der Waals surface area contributed by atoms with E-state index in [1.54, 1.807) is 6.07 Å². The summed E-state index contributed by atoms with van der Waals surface area (Å²) in [6, 6.07) is 5.87. The Morgan fingerprint density at radius 2 is 2.25 bits per heavy atom. The third-order valence-electron chi connectivity index (χ3n) is 2.22. The van der Waals surface area contributed by atoms with Gasteiger partial charge in [-0.15, -0.1) is 5.10 Å². The second kappa shape index (κ2) is 5.67. The van der Waals surface area contributed by atoms with Crippen molar-refractivity contribution in [1.82, 2.24) is 10.2 Å². The normalized spacial score (nSPS) is 11.2. The van der Waals surface area contributed by atoms with Gasteiger partial charge in [-0.25, -0.2) is 0 Å². The van der Waals surface area contributed by atoms with Crippen LogP contribution >= 0.6 is 0 Å². The van der Waals surface area contributed by atoms with Gasteiger partial charge < -0.3 is 4.90 Å². The molecule has 0 N–H and O–H groups in total. The van der Waals surface area contributed by atoms with Gasteiger partial charge in [-0.3, -0.25) is 0 Å². The van der Waals surface area contributed by atoms with Crippen LogP contribution in [-0.4, -0.2) is 23.3 Å². The lowest BCUT2D eigenvalue weighted by atomic mass is 10.2. The van der Waals surface area contributed by atoms with E-state index >= 15 is 0 Å². The molecule has 1 aromatic heterocycles. The lowest BCUT2D eigenvalue weighted by Gasteiger charge is -2.22. The highest BCUT2D eigenvalue weighted by Gasteiger charge is 2.14. The van der Waals surface area contributed by atoms with Crippen LogP contribution in [-0.2, 0) is 0 Å². The van der Waals surface area contributed by atoms with Gasteiger partial charge in [-0.2, -0.15) is 15.6 Å². The zero-order valence-corrected chi connectivity index (χ0v) is 9.38. The zero-order valence-electron chi connectivity index (χ0n) is 9.38. The minimum Gasteiger partial charge on any atom is -0.353 e. The summed E-state index contributed by atoms with van der Waals surface area (Å²) < 4.78 is 0. The fourth-order valence-electron chi connectivity index (χ4n) is 1.38. The Morgan fingerprint density at radius 3 is 2.81 bits per heavy atom. The first-order valence-corrected chi connectivity index (χ1v) is 5.09. The van der Waals surface area contributed by atoms with Crippen LogP contribution in [0.4, 0.5) is 5.82 Å². The van der Waals surface area contributed by atoms with E-state index in [-0.39, 0.29) is 5.92 Å². The van der Waals surface area contributed by atoms with E-state index in [4.69, 9.17) is 10.5 Å². The van der Waals surface area contributed by atoms with E-state index in [1.807, 2.05) is 18.7 Å². The number of anilines is 1. The van der Waals surface area contributed by atoms with E-state index in [2.05, 4.69) is 22.3 Å². The van der Waals surface area contributed by atoms with Crippen LogP contribution in [0.3, 0.4) is 0 Å². The molecule has 1 rings (SSSR count). The van der Waals surface area contributed by atoms with Gasteiger partial charge in [0.1, 0.15) is 6.07 Å². The fourth-order valence-corrected chi connectivity index (χ4v) is 1.38. The van der Waals surface area contributed by atoms with Crippen molar-refractivity contribution < 1.29 is 0 Å². The Hall–Kier alpha value is -2.14. The highest BCUT2D eigenvalue weighted by atomic mass is 15.3. The number of hydrogen-bond donors (Lipinski definition) is 0. The first-order valence-electron chi connectivity index (χ1n) is 5.09. The summed E-state index contributed by atoms with van der Waals surface area (Å²) in [5.74, 6) is 0.447. The fraction of sp³-hybridized carbons (Fsp3) is 0.455. The monoisotopic (exact) mass is 215 g/mol. The highest BCUT2D eigenvalue weighted by Crippen LogP contribution is 2.16. The summed E-state index contributed by atoms with van der Waals surface area (Å²) in [6.07, 6.45) is 1.49. The molecule has 0 fully saturated rings. The largest absolute Gasteiger partial charge is 0.353 e. The minimum atomic E-state index is -0.103. The molecule has 1 unspecified atom stereocenters. The lowest BCUT2D eigenvalue weighted by molar-refractivity contribution is 0.674. The first-order chi connectivity index (χ1) is 7.72. The Balaban J connectivity index is 2.96. The van der Waals surface area contributed by atoms with Gasteiger partial charge >= 0.3 is 0 Å². The Kier molecular flexibility index (Phi) is 4.23. The number of hydrogen-bond acceptors (Lipinski definition) is 5. The molecule has 5 nitrogen and oxygen atoms in total. The molecule has 1 heterocycles.